The summed E-state index contributed by atoms with van der Waals surface area (Å²) in [5, 5.41) is 6.59. The van der Waals surface area contributed by atoms with Gasteiger partial charge in [-0.3, -0.25) is 9.59 Å². The monoisotopic (exact) mass is 377 g/mol. The van der Waals surface area contributed by atoms with Gasteiger partial charge in [-0.2, -0.15) is 4.98 Å². The van der Waals surface area contributed by atoms with E-state index in [2.05, 4.69) is 15.5 Å². The molecule has 26 heavy (non-hydrogen) atoms. The first kappa shape index (κ1) is 20.0. The normalized spacial score (nSPS) is 11.9. The Hall–Kier alpha value is -2.35. The van der Waals surface area contributed by atoms with Crippen molar-refractivity contribution in [2.24, 2.45) is 0 Å². The fourth-order valence-corrected chi connectivity index (χ4v) is 3.15. The van der Waals surface area contributed by atoms with Gasteiger partial charge in [-0.05, 0) is 38.8 Å². The minimum atomic E-state index is -0.879. The number of hydrogen-bond donors (Lipinski definition) is 1. The van der Waals surface area contributed by atoms with Crippen LogP contribution in [-0.4, -0.2) is 33.9 Å². The van der Waals surface area contributed by atoms with Gasteiger partial charge in [0.1, 0.15) is 0 Å². The molecular formula is C18H23N3O4S. The predicted octanol–water partition coefficient (Wildman–Crippen LogP) is 3.11. The predicted molar refractivity (Wildman–Crippen MR) is 100 cm³/mol. The van der Waals surface area contributed by atoms with Crippen molar-refractivity contribution in [2.75, 3.05) is 11.1 Å². The third kappa shape index (κ3) is 5.59. The summed E-state index contributed by atoms with van der Waals surface area (Å²) in [7, 11) is 0. The zero-order valence-corrected chi connectivity index (χ0v) is 16.4. The summed E-state index contributed by atoms with van der Waals surface area (Å²) >= 11 is 1.30. The molecule has 0 fully saturated rings. The van der Waals surface area contributed by atoms with Crippen molar-refractivity contribution in [2.45, 2.75) is 46.5 Å². The number of amides is 1. The van der Waals surface area contributed by atoms with Crippen LogP contribution in [0.4, 0.5) is 5.69 Å². The van der Waals surface area contributed by atoms with Gasteiger partial charge < -0.3 is 14.6 Å². The first-order chi connectivity index (χ1) is 12.3. The van der Waals surface area contributed by atoms with Crippen LogP contribution in [0.5, 0.6) is 0 Å². The molecule has 1 N–H and O–H groups in total. The highest BCUT2D eigenvalue weighted by Gasteiger charge is 2.19. The number of carbonyl (C=O) groups excluding carboxylic acids is 2. The highest BCUT2D eigenvalue weighted by Crippen LogP contribution is 2.22. The van der Waals surface area contributed by atoms with Crippen LogP contribution in [-0.2, 0) is 20.1 Å². The Morgan fingerprint density at radius 3 is 2.46 bits per heavy atom. The summed E-state index contributed by atoms with van der Waals surface area (Å²) < 4.78 is 10.1. The Morgan fingerprint density at radius 2 is 1.88 bits per heavy atom. The fourth-order valence-electron chi connectivity index (χ4n) is 2.51. The molecule has 0 aliphatic rings. The van der Waals surface area contributed by atoms with Crippen LogP contribution in [0, 0.1) is 27.7 Å². The molecule has 0 radical (unpaired) electrons. The molecule has 2 aromatic rings. The number of carbonyl (C=O) groups is 2. The van der Waals surface area contributed by atoms with E-state index in [1.54, 1.807) is 13.8 Å². The zero-order chi connectivity index (χ0) is 19.3. The lowest BCUT2D eigenvalue weighted by Crippen LogP contribution is -2.31. The Labute approximate surface area is 156 Å². The van der Waals surface area contributed by atoms with Gasteiger partial charge >= 0.3 is 5.97 Å². The number of aromatic nitrogens is 2. The summed E-state index contributed by atoms with van der Waals surface area (Å²) in [5.74, 6) is 0.733. The average molecular weight is 377 g/mol. The number of ether oxygens (including phenoxy) is 1. The van der Waals surface area contributed by atoms with Crippen LogP contribution in [0.2, 0.25) is 0 Å². The lowest BCUT2D eigenvalue weighted by molar-refractivity contribution is -0.150. The highest BCUT2D eigenvalue weighted by molar-refractivity contribution is 7.99. The maximum absolute atomic E-state index is 12.3. The third-order valence-corrected chi connectivity index (χ3v) is 4.53. The molecule has 140 valence electrons. The van der Waals surface area contributed by atoms with E-state index in [-0.39, 0.29) is 11.7 Å². The molecule has 1 atom stereocenters. The van der Waals surface area contributed by atoms with Gasteiger partial charge in [0.2, 0.25) is 5.89 Å². The molecule has 0 bridgehead atoms. The van der Waals surface area contributed by atoms with Crippen LogP contribution in [0.15, 0.2) is 16.7 Å². The van der Waals surface area contributed by atoms with Crippen molar-refractivity contribution in [1.82, 2.24) is 10.1 Å². The van der Waals surface area contributed by atoms with Gasteiger partial charge in [-0.25, -0.2) is 0 Å². The summed E-state index contributed by atoms with van der Waals surface area (Å²) in [6, 6.07) is 3.99. The molecule has 0 saturated carbocycles. The second-order valence-electron chi connectivity index (χ2n) is 6.12. The molecule has 1 unspecified atom stereocenters. The summed E-state index contributed by atoms with van der Waals surface area (Å²) in [5.41, 5.74) is 3.83. The van der Waals surface area contributed by atoms with Crippen LogP contribution >= 0.6 is 11.8 Å². The zero-order valence-electron chi connectivity index (χ0n) is 15.6. The van der Waals surface area contributed by atoms with Crippen molar-refractivity contribution in [3.8, 4) is 0 Å². The molecular weight excluding hydrogens is 354 g/mol. The second kappa shape index (κ2) is 8.84. The van der Waals surface area contributed by atoms with Crippen molar-refractivity contribution in [3.05, 3.63) is 40.5 Å². The van der Waals surface area contributed by atoms with Crippen molar-refractivity contribution in [3.63, 3.8) is 0 Å². The van der Waals surface area contributed by atoms with Gasteiger partial charge in [0.15, 0.2) is 11.9 Å². The minimum Gasteiger partial charge on any atom is -0.452 e. The summed E-state index contributed by atoms with van der Waals surface area (Å²) in [6.45, 7) is 9.13. The number of hydrogen-bond acceptors (Lipinski definition) is 7. The van der Waals surface area contributed by atoms with E-state index in [0.717, 1.165) is 22.4 Å². The molecule has 0 aliphatic carbocycles. The molecule has 1 aromatic carbocycles. The van der Waals surface area contributed by atoms with Gasteiger partial charge in [-0.15, -0.1) is 11.8 Å². The van der Waals surface area contributed by atoms with Crippen LogP contribution in [0.3, 0.4) is 0 Å². The van der Waals surface area contributed by atoms with E-state index < -0.39 is 12.1 Å². The molecule has 1 amide bonds. The van der Waals surface area contributed by atoms with Crippen LogP contribution < -0.4 is 5.32 Å². The van der Waals surface area contributed by atoms with E-state index in [4.69, 9.17) is 9.26 Å². The number of esters is 1. The number of anilines is 1. The van der Waals surface area contributed by atoms with Crippen LogP contribution in [0.1, 0.15) is 35.3 Å². The number of benzene rings is 1. The summed E-state index contributed by atoms with van der Waals surface area (Å²) in [6.07, 6.45) is -0.879. The van der Waals surface area contributed by atoms with Gasteiger partial charge in [0.05, 0.1) is 11.5 Å². The Morgan fingerprint density at radius 1 is 1.23 bits per heavy atom. The maximum atomic E-state index is 12.3. The molecule has 0 spiro atoms. The molecule has 1 heterocycles. The quantitative estimate of drug-likeness (QED) is 0.741. The molecule has 1 aromatic heterocycles. The van der Waals surface area contributed by atoms with Crippen molar-refractivity contribution in [1.29, 1.82) is 0 Å². The first-order valence-electron chi connectivity index (χ1n) is 8.21. The van der Waals surface area contributed by atoms with Gasteiger partial charge in [-0.1, -0.05) is 22.9 Å². The number of nitrogens with zero attached hydrogens (tertiary/aromatic N) is 2. The first-order valence-corrected chi connectivity index (χ1v) is 9.37. The third-order valence-electron chi connectivity index (χ3n) is 3.62. The largest absolute Gasteiger partial charge is 0.452 e. The number of aryl methyl sites for hydroxylation is 4. The fraction of sp³-hybridized carbons (Fsp3) is 0.444. The average Bonchev–Trinajstić information content (AvgIpc) is 2.95. The molecule has 2 rings (SSSR count). The topological polar surface area (TPSA) is 94.3 Å². The van der Waals surface area contributed by atoms with E-state index >= 15 is 0 Å². The van der Waals surface area contributed by atoms with E-state index in [1.165, 1.54) is 11.8 Å². The lowest BCUT2D eigenvalue weighted by atomic mass is 10.0. The number of nitrogens with one attached hydrogen (secondary N) is 1. The lowest BCUT2D eigenvalue weighted by Gasteiger charge is -2.16. The van der Waals surface area contributed by atoms with Crippen LogP contribution in [0.25, 0.3) is 0 Å². The maximum Gasteiger partial charge on any atom is 0.316 e. The van der Waals surface area contributed by atoms with Crippen molar-refractivity contribution < 1.29 is 18.8 Å². The number of rotatable bonds is 7. The second-order valence-corrected chi connectivity index (χ2v) is 7.10. The SMILES string of the molecule is Cc1cc(C)c(NC(=O)C(C)OC(=O)CSCc2noc(C)n2)c(C)c1. The Kier molecular flexibility index (Phi) is 6.79. The van der Waals surface area contributed by atoms with E-state index in [1.807, 2.05) is 32.9 Å². The molecule has 7 nitrogen and oxygen atoms in total. The van der Waals surface area contributed by atoms with E-state index in [0.29, 0.717) is 17.5 Å². The van der Waals surface area contributed by atoms with Gasteiger partial charge in [0.25, 0.3) is 5.91 Å². The number of thioether (sulfide) groups is 1. The van der Waals surface area contributed by atoms with Crippen molar-refractivity contribution >= 4 is 29.3 Å². The van der Waals surface area contributed by atoms with Gasteiger partial charge in [0, 0.05) is 12.6 Å². The smallest absolute Gasteiger partial charge is 0.316 e. The standard InChI is InChI=1S/C18H23N3O4S/c1-10-6-11(2)17(12(3)7-10)20-18(23)13(4)24-16(22)9-26-8-15-19-14(5)25-21-15/h6-7,13H,8-9H2,1-5H3,(H,20,23). The van der Waals surface area contributed by atoms with E-state index in [9.17, 15) is 9.59 Å². The highest BCUT2D eigenvalue weighted by atomic mass is 32.2. The molecule has 0 saturated heterocycles. The minimum absolute atomic E-state index is 0.105. The molecule has 8 heteroatoms. The Bertz CT molecular complexity index is 780. The summed E-state index contributed by atoms with van der Waals surface area (Å²) in [4.78, 5) is 28.3. The molecule has 0 aliphatic heterocycles. The Balaban J connectivity index is 1.81.